The lowest BCUT2D eigenvalue weighted by atomic mass is 10.1. The molecular formula is C16H20N4O3. The second-order valence-corrected chi connectivity index (χ2v) is 5.78. The molecule has 2 aromatic rings. The average Bonchev–Trinajstić information content (AvgIpc) is 3.08. The molecule has 0 aromatic carbocycles. The predicted molar refractivity (Wildman–Crippen MR) is 84.4 cm³/mol. The Labute approximate surface area is 134 Å². The van der Waals surface area contributed by atoms with Gasteiger partial charge >= 0.3 is 0 Å². The maximum atomic E-state index is 12.4. The molecule has 23 heavy (non-hydrogen) atoms. The van der Waals surface area contributed by atoms with E-state index in [0.29, 0.717) is 25.4 Å². The average molecular weight is 316 g/mol. The lowest BCUT2D eigenvalue weighted by molar-refractivity contribution is -0.0250. The van der Waals surface area contributed by atoms with Gasteiger partial charge in [0.25, 0.3) is 5.91 Å². The Morgan fingerprint density at radius 2 is 2.22 bits per heavy atom. The van der Waals surface area contributed by atoms with Gasteiger partial charge in [-0.15, -0.1) is 0 Å². The molecule has 3 rings (SSSR count). The molecule has 7 heteroatoms. The van der Waals surface area contributed by atoms with Crippen LogP contribution in [0.4, 0.5) is 5.69 Å². The maximum absolute atomic E-state index is 12.4. The predicted octanol–water partition coefficient (Wildman–Crippen LogP) is 1.66. The lowest BCUT2D eigenvalue weighted by Gasteiger charge is -2.32. The molecule has 7 nitrogen and oxygen atoms in total. The Morgan fingerprint density at radius 1 is 1.39 bits per heavy atom. The van der Waals surface area contributed by atoms with Crippen LogP contribution in [0.25, 0.3) is 0 Å². The summed E-state index contributed by atoms with van der Waals surface area (Å²) in [5, 5.41) is 3.71. The van der Waals surface area contributed by atoms with Gasteiger partial charge in [0.15, 0.2) is 5.69 Å². The highest BCUT2D eigenvalue weighted by Gasteiger charge is 2.28. The third-order valence-electron chi connectivity index (χ3n) is 3.81. The van der Waals surface area contributed by atoms with Gasteiger partial charge in [-0.3, -0.25) is 9.78 Å². The summed E-state index contributed by atoms with van der Waals surface area (Å²) in [7, 11) is 3.97. The van der Waals surface area contributed by atoms with Crippen LogP contribution in [-0.4, -0.2) is 54.7 Å². The number of aryl methyl sites for hydroxylation is 1. The van der Waals surface area contributed by atoms with Crippen molar-refractivity contribution in [2.45, 2.75) is 13.0 Å². The molecular weight excluding hydrogens is 296 g/mol. The fourth-order valence-electron chi connectivity index (χ4n) is 2.60. The molecule has 0 unspecified atom stereocenters. The van der Waals surface area contributed by atoms with Crippen molar-refractivity contribution in [3.8, 4) is 0 Å². The van der Waals surface area contributed by atoms with Gasteiger partial charge in [0.1, 0.15) is 12.4 Å². The molecule has 0 aliphatic carbocycles. The molecule has 1 amide bonds. The van der Waals surface area contributed by atoms with Gasteiger partial charge in [-0.05, 0) is 19.1 Å². The highest BCUT2D eigenvalue weighted by atomic mass is 16.5. The van der Waals surface area contributed by atoms with Crippen LogP contribution in [0.1, 0.15) is 28.0 Å². The summed E-state index contributed by atoms with van der Waals surface area (Å²) in [6.07, 6.45) is 1.16. The van der Waals surface area contributed by atoms with Crippen molar-refractivity contribution >= 4 is 11.6 Å². The molecule has 1 saturated heterocycles. The highest BCUT2D eigenvalue weighted by molar-refractivity contribution is 5.92. The van der Waals surface area contributed by atoms with Gasteiger partial charge in [-0.2, -0.15) is 0 Å². The van der Waals surface area contributed by atoms with Crippen molar-refractivity contribution in [1.82, 2.24) is 15.0 Å². The summed E-state index contributed by atoms with van der Waals surface area (Å²) in [6.45, 7) is 3.42. The molecule has 1 aliphatic heterocycles. The fourth-order valence-corrected chi connectivity index (χ4v) is 2.60. The van der Waals surface area contributed by atoms with Gasteiger partial charge < -0.3 is 19.1 Å². The van der Waals surface area contributed by atoms with E-state index in [9.17, 15) is 4.79 Å². The first kappa shape index (κ1) is 15.5. The minimum atomic E-state index is -0.238. The van der Waals surface area contributed by atoms with Crippen molar-refractivity contribution in [1.29, 1.82) is 0 Å². The van der Waals surface area contributed by atoms with E-state index >= 15 is 0 Å². The number of pyridine rings is 1. The third kappa shape index (κ3) is 3.34. The molecule has 1 fully saturated rings. The molecule has 0 spiro atoms. The molecule has 0 radical (unpaired) electrons. The Balaban J connectivity index is 1.80. The Morgan fingerprint density at radius 3 is 2.91 bits per heavy atom. The second kappa shape index (κ2) is 6.37. The van der Waals surface area contributed by atoms with E-state index in [1.54, 1.807) is 11.0 Å². The van der Waals surface area contributed by atoms with E-state index in [2.05, 4.69) is 10.1 Å². The summed E-state index contributed by atoms with van der Waals surface area (Å²) in [5.41, 5.74) is 3.15. The number of morpholine rings is 1. The van der Waals surface area contributed by atoms with Crippen molar-refractivity contribution in [3.63, 3.8) is 0 Å². The van der Waals surface area contributed by atoms with E-state index in [1.165, 1.54) is 6.26 Å². The number of anilines is 1. The van der Waals surface area contributed by atoms with Crippen molar-refractivity contribution in [2.75, 3.05) is 38.7 Å². The Kier molecular flexibility index (Phi) is 4.29. The van der Waals surface area contributed by atoms with E-state index in [1.807, 2.05) is 38.1 Å². The van der Waals surface area contributed by atoms with E-state index in [0.717, 1.165) is 17.1 Å². The highest BCUT2D eigenvalue weighted by Crippen LogP contribution is 2.25. The molecule has 1 aliphatic rings. The maximum Gasteiger partial charge on any atom is 0.276 e. The van der Waals surface area contributed by atoms with Crippen LogP contribution in [0.5, 0.6) is 0 Å². The fraction of sp³-hybridized carbons (Fsp3) is 0.438. The summed E-state index contributed by atoms with van der Waals surface area (Å²) < 4.78 is 10.6. The SMILES string of the molecule is Cc1cc(N(C)C)cc([C@H]2CN(C(=O)c3ccon3)CCO2)n1. The van der Waals surface area contributed by atoms with Crippen LogP contribution in [0.3, 0.4) is 0 Å². The van der Waals surface area contributed by atoms with Gasteiger partial charge in [-0.25, -0.2) is 0 Å². The van der Waals surface area contributed by atoms with Gasteiger partial charge in [0, 0.05) is 38.1 Å². The van der Waals surface area contributed by atoms with Crippen LogP contribution in [-0.2, 0) is 4.74 Å². The van der Waals surface area contributed by atoms with Crippen molar-refractivity contribution < 1.29 is 14.1 Å². The monoisotopic (exact) mass is 316 g/mol. The summed E-state index contributed by atoms with van der Waals surface area (Å²) in [4.78, 5) is 20.7. The quantitative estimate of drug-likeness (QED) is 0.857. The zero-order chi connectivity index (χ0) is 16.4. The number of nitrogens with zero attached hydrogens (tertiary/aromatic N) is 4. The van der Waals surface area contributed by atoms with Crippen LogP contribution >= 0.6 is 0 Å². The van der Waals surface area contributed by atoms with Crippen LogP contribution in [0.15, 0.2) is 29.0 Å². The zero-order valence-corrected chi connectivity index (χ0v) is 13.5. The Bertz CT molecular complexity index is 685. The number of ether oxygens (including phenoxy) is 1. The number of aromatic nitrogens is 2. The number of hydrogen-bond donors (Lipinski definition) is 0. The molecule has 0 N–H and O–H groups in total. The topological polar surface area (TPSA) is 71.7 Å². The molecule has 0 saturated carbocycles. The first-order chi connectivity index (χ1) is 11.0. The first-order valence-electron chi connectivity index (χ1n) is 7.52. The first-order valence-corrected chi connectivity index (χ1v) is 7.52. The number of hydrogen-bond acceptors (Lipinski definition) is 6. The minimum absolute atomic E-state index is 0.146. The molecule has 3 heterocycles. The smallest absolute Gasteiger partial charge is 0.276 e. The van der Waals surface area contributed by atoms with E-state index in [4.69, 9.17) is 9.26 Å². The van der Waals surface area contributed by atoms with Crippen molar-refractivity contribution in [3.05, 3.63) is 41.5 Å². The number of carbonyl (C=O) groups excluding carboxylic acids is 1. The summed E-state index contributed by atoms with van der Waals surface area (Å²) in [5.74, 6) is -0.146. The van der Waals surface area contributed by atoms with Crippen molar-refractivity contribution in [2.24, 2.45) is 0 Å². The van der Waals surface area contributed by atoms with Gasteiger partial charge in [-0.1, -0.05) is 5.16 Å². The van der Waals surface area contributed by atoms with Crippen LogP contribution < -0.4 is 4.90 Å². The molecule has 2 aromatic heterocycles. The largest absolute Gasteiger partial charge is 0.378 e. The van der Waals surface area contributed by atoms with E-state index in [-0.39, 0.29) is 12.0 Å². The number of carbonyl (C=O) groups is 1. The summed E-state index contributed by atoms with van der Waals surface area (Å²) >= 11 is 0. The number of amides is 1. The number of rotatable bonds is 3. The second-order valence-electron chi connectivity index (χ2n) is 5.78. The summed E-state index contributed by atoms with van der Waals surface area (Å²) in [6, 6.07) is 5.59. The molecule has 0 bridgehead atoms. The molecule has 122 valence electrons. The Hall–Kier alpha value is -2.41. The van der Waals surface area contributed by atoms with Crippen LogP contribution in [0.2, 0.25) is 0 Å². The lowest BCUT2D eigenvalue weighted by Crippen LogP contribution is -2.42. The molecule has 1 atom stereocenters. The van der Waals surface area contributed by atoms with Gasteiger partial charge in [0.2, 0.25) is 0 Å². The zero-order valence-electron chi connectivity index (χ0n) is 13.5. The van der Waals surface area contributed by atoms with Crippen LogP contribution in [0, 0.1) is 6.92 Å². The van der Waals surface area contributed by atoms with Gasteiger partial charge in [0.05, 0.1) is 18.8 Å². The third-order valence-corrected chi connectivity index (χ3v) is 3.81. The standard InChI is InChI=1S/C16H20N4O3/c1-11-8-12(19(2)3)9-14(17-11)15-10-20(5-7-22-15)16(21)13-4-6-23-18-13/h4,6,8-9,15H,5,7,10H2,1-3H3/t15-/m1/s1. The minimum Gasteiger partial charge on any atom is -0.378 e. The van der Waals surface area contributed by atoms with E-state index < -0.39 is 0 Å². The normalized spacial score (nSPS) is 18.0.